The van der Waals surface area contributed by atoms with Crippen LogP contribution in [0, 0.1) is 0 Å². The molecule has 0 saturated carbocycles. The molecule has 4 N–H and O–H groups in total. The number of benzene rings is 1. The highest BCUT2D eigenvalue weighted by Crippen LogP contribution is 2.41. The second kappa shape index (κ2) is 10.2. The van der Waals surface area contributed by atoms with Gasteiger partial charge in [0.15, 0.2) is 0 Å². The fraction of sp³-hybridized carbons (Fsp3) is 0.417. The summed E-state index contributed by atoms with van der Waals surface area (Å²) >= 11 is 1.58. The molecule has 11 nitrogen and oxygen atoms in total. The molecule has 0 saturated heterocycles. The average molecular weight is 513 g/mol. The van der Waals surface area contributed by atoms with Gasteiger partial charge in [-0.05, 0) is 31.4 Å². The molecule has 190 valence electrons. The number of ether oxygens (including phenoxy) is 2. The summed E-state index contributed by atoms with van der Waals surface area (Å²) in [7, 11) is 1.54. The Hall–Kier alpha value is -3.48. The van der Waals surface area contributed by atoms with Crippen LogP contribution < -0.4 is 10.1 Å². The number of H-pyrrole nitrogens is 1. The van der Waals surface area contributed by atoms with Gasteiger partial charge in [0.1, 0.15) is 28.8 Å². The number of hydrogen-bond acceptors (Lipinski definition) is 10. The van der Waals surface area contributed by atoms with Gasteiger partial charge in [0, 0.05) is 29.8 Å². The van der Waals surface area contributed by atoms with Crippen LogP contribution in [0.5, 0.6) is 5.75 Å². The predicted octanol–water partition coefficient (Wildman–Crippen LogP) is 2.99. The smallest absolute Gasteiger partial charge is 0.409 e. The van der Waals surface area contributed by atoms with Crippen LogP contribution in [0.1, 0.15) is 23.8 Å². The number of thiophene rings is 1. The maximum absolute atomic E-state index is 12.4. The van der Waals surface area contributed by atoms with Crippen molar-refractivity contribution in [2.45, 2.75) is 38.4 Å². The van der Waals surface area contributed by atoms with Crippen molar-refractivity contribution in [2.24, 2.45) is 0 Å². The average Bonchev–Trinajstić information content (AvgIpc) is 3.48. The van der Waals surface area contributed by atoms with E-state index in [9.17, 15) is 9.90 Å². The Balaban J connectivity index is 1.39. The number of anilines is 2. The van der Waals surface area contributed by atoms with Gasteiger partial charge < -0.3 is 29.9 Å². The van der Waals surface area contributed by atoms with Crippen LogP contribution in [0.2, 0.25) is 0 Å². The number of carbonyl (C=O) groups excluding carboxylic acids is 1. The molecule has 0 spiro atoms. The molecule has 0 radical (unpaired) electrons. The van der Waals surface area contributed by atoms with Crippen LogP contribution in [0.3, 0.4) is 0 Å². The minimum Gasteiger partial charge on any atom is -0.492 e. The Bertz CT molecular complexity index is 1390. The van der Waals surface area contributed by atoms with E-state index in [0.29, 0.717) is 31.0 Å². The minimum atomic E-state index is -0.995. The lowest BCUT2D eigenvalue weighted by molar-refractivity contribution is 0.0354. The zero-order chi connectivity index (χ0) is 25.2. The molecule has 5 rings (SSSR count). The third kappa shape index (κ3) is 4.79. The van der Waals surface area contributed by atoms with Crippen molar-refractivity contribution in [3.05, 3.63) is 35.1 Å². The van der Waals surface area contributed by atoms with Crippen LogP contribution in [0.25, 0.3) is 21.1 Å². The summed E-state index contributed by atoms with van der Waals surface area (Å²) in [6.07, 6.45) is 3.50. The molecule has 0 fully saturated rings. The molecule has 4 aromatic rings. The first-order valence-corrected chi connectivity index (χ1v) is 12.6. The molecule has 0 bridgehead atoms. The number of aliphatic hydroxyl groups excluding tert-OH is 2. The van der Waals surface area contributed by atoms with Crippen molar-refractivity contribution < 1.29 is 24.5 Å². The van der Waals surface area contributed by atoms with Crippen LogP contribution in [-0.4, -0.2) is 80.4 Å². The van der Waals surface area contributed by atoms with Crippen molar-refractivity contribution in [3.63, 3.8) is 0 Å². The second-order valence-corrected chi connectivity index (χ2v) is 9.82. The largest absolute Gasteiger partial charge is 0.492 e. The van der Waals surface area contributed by atoms with E-state index < -0.39 is 18.8 Å². The number of nitrogens with one attached hydrogen (secondary N) is 2. The van der Waals surface area contributed by atoms with E-state index in [1.165, 1.54) is 4.90 Å². The van der Waals surface area contributed by atoms with Gasteiger partial charge >= 0.3 is 6.09 Å². The number of amides is 1. The van der Waals surface area contributed by atoms with Gasteiger partial charge in [0.05, 0.1) is 48.6 Å². The highest BCUT2D eigenvalue weighted by atomic mass is 32.1. The van der Waals surface area contributed by atoms with Gasteiger partial charge in [0.2, 0.25) is 0 Å². The Kier molecular flexibility index (Phi) is 6.90. The summed E-state index contributed by atoms with van der Waals surface area (Å²) in [6.45, 7) is 2.06. The fourth-order valence-corrected chi connectivity index (χ4v) is 5.68. The quantitative estimate of drug-likeness (QED) is 0.280. The summed E-state index contributed by atoms with van der Waals surface area (Å²) in [5.74, 6) is 1.40. The van der Waals surface area contributed by atoms with Crippen LogP contribution in [0.15, 0.2) is 24.7 Å². The van der Waals surface area contributed by atoms with E-state index >= 15 is 0 Å². The molecule has 1 aliphatic rings. The monoisotopic (exact) mass is 512 g/mol. The molecule has 2 atom stereocenters. The summed E-state index contributed by atoms with van der Waals surface area (Å²) < 4.78 is 11.5. The molecule has 1 aliphatic carbocycles. The molecule has 0 aliphatic heterocycles. The normalized spacial score (nSPS) is 16.1. The summed E-state index contributed by atoms with van der Waals surface area (Å²) in [5, 5.41) is 31.1. The molecule has 3 aromatic heterocycles. The van der Waals surface area contributed by atoms with E-state index in [-0.39, 0.29) is 12.6 Å². The summed E-state index contributed by atoms with van der Waals surface area (Å²) in [6, 6.07) is 3.90. The number of hydrogen-bond donors (Lipinski definition) is 4. The number of aromatic nitrogens is 4. The maximum Gasteiger partial charge on any atom is 0.409 e. The third-order valence-corrected chi connectivity index (χ3v) is 7.33. The number of aliphatic hydroxyl groups is 2. The number of nitrogens with zero attached hydrogens (tertiary/aromatic N) is 4. The Morgan fingerprint density at radius 1 is 1.39 bits per heavy atom. The first kappa shape index (κ1) is 24.2. The molecule has 1 aromatic carbocycles. The van der Waals surface area contributed by atoms with Gasteiger partial charge in [-0.25, -0.2) is 14.8 Å². The van der Waals surface area contributed by atoms with Gasteiger partial charge in [-0.2, -0.15) is 5.10 Å². The van der Waals surface area contributed by atoms with Crippen molar-refractivity contribution in [1.82, 2.24) is 25.1 Å². The minimum absolute atomic E-state index is 0.00908. The zero-order valence-electron chi connectivity index (χ0n) is 20.0. The van der Waals surface area contributed by atoms with E-state index in [0.717, 1.165) is 43.7 Å². The van der Waals surface area contributed by atoms with Gasteiger partial charge in [-0.3, -0.25) is 5.10 Å². The topological polar surface area (TPSA) is 146 Å². The lowest BCUT2D eigenvalue weighted by Crippen LogP contribution is -2.38. The second-order valence-electron chi connectivity index (χ2n) is 8.74. The van der Waals surface area contributed by atoms with Crippen molar-refractivity contribution in [2.75, 3.05) is 32.1 Å². The van der Waals surface area contributed by atoms with Crippen LogP contribution >= 0.6 is 11.3 Å². The first-order valence-electron chi connectivity index (χ1n) is 11.8. The lowest BCUT2D eigenvalue weighted by atomic mass is 9.94. The third-order valence-electron chi connectivity index (χ3n) is 6.17. The molecule has 3 heterocycles. The highest BCUT2D eigenvalue weighted by Gasteiger charge is 2.28. The van der Waals surface area contributed by atoms with E-state index in [2.05, 4.69) is 25.5 Å². The number of aryl methyl sites for hydroxylation is 1. The zero-order valence-corrected chi connectivity index (χ0v) is 20.8. The van der Waals surface area contributed by atoms with E-state index in [1.807, 2.05) is 19.1 Å². The Morgan fingerprint density at radius 2 is 2.25 bits per heavy atom. The number of carbonyl (C=O) groups is 1. The van der Waals surface area contributed by atoms with Gasteiger partial charge in [-0.15, -0.1) is 11.3 Å². The first-order chi connectivity index (χ1) is 17.5. The fourth-order valence-electron chi connectivity index (χ4n) is 4.43. The number of fused-ring (bicyclic) bond motifs is 4. The van der Waals surface area contributed by atoms with E-state index in [1.54, 1.807) is 30.9 Å². The molecular weight excluding hydrogens is 484 g/mol. The van der Waals surface area contributed by atoms with Gasteiger partial charge in [-0.1, -0.05) is 0 Å². The number of aromatic amines is 1. The van der Waals surface area contributed by atoms with Crippen molar-refractivity contribution >= 4 is 50.1 Å². The number of likely N-dealkylation sites (N-methyl/N-ethyl adjacent to an activating group) is 1. The van der Waals surface area contributed by atoms with E-state index in [4.69, 9.17) is 14.6 Å². The Labute approximate surface area is 211 Å². The molecule has 2 unspecified atom stereocenters. The summed E-state index contributed by atoms with van der Waals surface area (Å²) in [5.41, 5.74) is 2.85. The standard InChI is InChI=1S/C24H28N6O5S/c1-3-34-19-8-17-13(9-27-29-17)6-18(19)28-22-21-16-5-4-15(7-20(16)36-23(21)26-12-25-22)35-24(33)30(2)10-14(32)11-31/h6,8-9,12,14-15,31-32H,3-5,7,10-11H2,1-2H3,(H,27,29)(H,25,26,28). The maximum atomic E-state index is 12.4. The molecule has 12 heteroatoms. The van der Waals surface area contributed by atoms with Crippen molar-refractivity contribution in [3.8, 4) is 5.75 Å². The van der Waals surface area contributed by atoms with Crippen molar-refractivity contribution in [1.29, 1.82) is 0 Å². The number of rotatable bonds is 8. The summed E-state index contributed by atoms with van der Waals surface area (Å²) in [4.78, 5) is 24.7. The SMILES string of the molecule is CCOc1cc2[nH]ncc2cc1Nc1ncnc2sc3c(c12)CCC(OC(=O)N(C)CC(O)CO)C3. The Morgan fingerprint density at radius 3 is 3.06 bits per heavy atom. The predicted molar refractivity (Wildman–Crippen MR) is 136 cm³/mol. The van der Waals surface area contributed by atoms with Gasteiger partial charge in [0.25, 0.3) is 0 Å². The lowest BCUT2D eigenvalue weighted by Gasteiger charge is -2.26. The molecular formula is C24H28N6O5S. The molecule has 1 amide bonds. The van der Waals surface area contributed by atoms with Crippen LogP contribution in [-0.2, 0) is 17.6 Å². The van der Waals surface area contributed by atoms with Crippen LogP contribution in [0.4, 0.5) is 16.3 Å². The molecule has 36 heavy (non-hydrogen) atoms. The highest BCUT2D eigenvalue weighted by molar-refractivity contribution is 7.19.